The van der Waals surface area contributed by atoms with Gasteiger partial charge in [-0.3, -0.25) is 4.98 Å². The zero-order valence-corrected chi connectivity index (χ0v) is 19.8. The Morgan fingerprint density at radius 3 is 2.59 bits per heavy atom. The van der Waals surface area contributed by atoms with Crippen LogP contribution < -0.4 is 0 Å². The molecule has 1 N–H and O–H groups in total. The fraction of sp³-hybridized carbons (Fsp3) is 0.393. The SMILES string of the molecule is CC(C)OC(=O)c1ccc2[nH]c([C@H](C)C3CCC(c4ccnc5ccc(F)cc45)CC3)nc2c1. The van der Waals surface area contributed by atoms with E-state index in [9.17, 15) is 9.18 Å². The average molecular weight is 460 g/mol. The molecule has 34 heavy (non-hydrogen) atoms. The number of aromatic nitrogens is 3. The van der Waals surface area contributed by atoms with Gasteiger partial charge < -0.3 is 9.72 Å². The van der Waals surface area contributed by atoms with Crippen LogP contribution >= 0.6 is 0 Å². The molecular formula is C28H30FN3O2. The number of pyridine rings is 1. The normalized spacial score (nSPS) is 19.6. The van der Waals surface area contributed by atoms with Gasteiger partial charge in [0.25, 0.3) is 0 Å². The lowest BCUT2D eigenvalue weighted by molar-refractivity contribution is 0.0378. The predicted octanol–water partition coefficient (Wildman–Crippen LogP) is 6.89. The zero-order valence-electron chi connectivity index (χ0n) is 19.8. The largest absolute Gasteiger partial charge is 0.459 e. The van der Waals surface area contributed by atoms with Crippen molar-refractivity contribution in [3.63, 3.8) is 0 Å². The molecule has 0 saturated heterocycles. The molecule has 0 radical (unpaired) electrons. The summed E-state index contributed by atoms with van der Waals surface area (Å²) in [6.07, 6.45) is 6.00. The monoisotopic (exact) mass is 459 g/mol. The number of halogens is 1. The van der Waals surface area contributed by atoms with Gasteiger partial charge in [0.05, 0.1) is 28.2 Å². The molecular weight excluding hydrogens is 429 g/mol. The summed E-state index contributed by atoms with van der Waals surface area (Å²) >= 11 is 0. The maximum Gasteiger partial charge on any atom is 0.338 e. The van der Waals surface area contributed by atoms with Crippen molar-refractivity contribution in [2.75, 3.05) is 0 Å². The molecule has 2 aromatic heterocycles. The molecule has 4 aromatic rings. The van der Waals surface area contributed by atoms with E-state index in [1.807, 2.05) is 26.1 Å². The van der Waals surface area contributed by atoms with Gasteiger partial charge in [-0.15, -0.1) is 0 Å². The van der Waals surface area contributed by atoms with E-state index in [2.05, 4.69) is 23.0 Å². The van der Waals surface area contributed by atoms with E-state index in [1.165, 1.54) is 11.6 Å². The number of ether oxygens (including phenoxy) is 1. The second kappa shape index (κ2) is 9.16. The number of H-pyrrole nitrogens is 1. The van der Waals surface area contributed by atoms with Gasteiger partial charge in [-0.25, -0.2) is 14.2 Å². The first kappa shape index (κ1) is 22.5. The molecule has 0 bridgehead atoms. The van der Waals surface area contributed by atoms with Gasteiger partial charge in [0.15, 0.2) is 0 Å². The van der Waals surface area contributed by atoms with Crippen LogP contribution in [0.4, 0.5) is 4.39 Å². The summed E-state index contributed by atoms with van der Waals surface area (Å²) < 4.78 is 19.2. The van der Waals surface area contributed by atoms with Gasteiger partial charge in [-0.2, -0.15) is 0 Å². The Morgan fingerprint density at radius 1 is 1.03 bits per heavy atom. The number of carbonyl (C=O) groups excluding carboxylic acids is 1. The fourth-order valence-electron chi connectivity index (χ4n) is 5.30. The highest BCUT2D eigenvalue weighted by molar-refractivity contribution is 5.93. The van der Waals surface area contributed by atoms with Crippen molar-refractivity contribution in [3.8, 4) is 0 Å². The zero-order chi connectivity index (χ0) is 23.8. The number of benzene rings is 2. The number of carbonyl (C=O) groups is 1. The van der Waals surface area contributed by atoms with E-state index in [0.29, 0.717) is 17.4 Å². The van der Waals surface area contributed by atoms with Crippen molar-refractivity contribution in [2.45, 2.75) is 64.4 Å². The van der Waals surface area contributed by atoms with Crippen molar-refractivity contribution >= 4 is 27.9 Å². The Labute approximate surface area is 198 Å². The predicted molar refractivity (Wildman–Crippen MR) is 131 cm³/mol. The van der Waals surface area contributed by atoms with Crippen LogP contribution in [0.2, 0.25) is 0 Å². The lowest BCUT2D eigenvalue weighted by atomic mass is 9.73. The summed E-state index contributed by atoms with van der Waals surface area (Å²) in [4.78, 5) is 24.9. The highest BCUT2D eigenvalue weighted by Crippen LogP contribution is 2.43. The summed E-state index contributed by atoms with van der Waals surface area (Å²) in [6, 6.07) is 12.4. The van der Waals surface area contributed by atoms with Gasteiger partial charge >= 0.3 is 5.97 Å². The molecule has 2 heterocycles. The fourth-order valence-corrected chi connectivity index (χ4v) is 5.30. The Bertz CT molecular complexity index is 1340. The van der Waals surface area contributed by atoms with E-state index in [1.54, 1.807) is 24.3 Å². The third-order valence-electron chi connectivity index (χ3n) is 7.17. The molecule has 1 aliphatic carbocycles. The number of imidazole rings is 1. The van der Waals surface area contributed by atoms with E-state index < -0.39 is 0 Å². The summed E-state index contributed by atoms with van der Waals surface area (Å²) in [7, 11) is 0. The molecule has 0 spiro atoms. The third-order valence-corrected chi connectivity index (χ3v) is 7.17. The summed E-state index contributed by atoms with van der Waals surface area (Å²) in [5.74, 6) is 1.65. The topological polar surface area (TPSA) is 67.9 Å². The van der Waals surface area contributed by atoms with Crippen LogP contribution in [-0.2, 0) is 4.74 Å². The van der Waals surface area contributed by atoms with Gasteiger partial charge in [-0.05, 0) is 99.4 Å². The molecule has 1 fully saturated rings. The molecule has 0 aliphatic heterocycles. The second-order valence-corrected chi connectivity index (χ2v) is 9.77. The summed E-state index contributed by atoms with van der Waals surface area (Å²) in [6.45, 7) is 5.91. The van der Waals surface area contributed by atoms with Gasteiger partial charge in [0.2, 0.25) is 0 Å². The molecule has 1 saturated carbocycles. The van der Waals surface area contributed by atoms with Crippen LogP contribution in [0.25, 0.3) is 21.9 Å². The average Bonchev–Trinajstić information content (AvgIpc) is 3.26. The number of nitrogens with zero attached hydrogens (tertiary/aromatic N) is 2. The lowest BCUT2D eigenvalue weighted by Crippen LogP contribution is -2.19. The summed E-state index contributed by atoms with van der Waals surface area (Å²) in [5.41, 5.74) is 4.31. The third kappa shape index (κ3) is 4.41. The minimum atomic E-state index is -0.323. The number of hydrogen-bond donors (Lipinski definition) is 1. The Kier molecular flexibility index (Phi) is 6.07. The number of esters is 1. The minimum Gasteiger partial charge on any atom is -0.459 e. The van der Waals surface area contributed by atoms with Gasteiger partial charge in [-0.1, -0.05) is 6.92 Å². The highest BCUT2D eigenvalue weighted by atomic mass is 19.1. The van der Waals surface area contributed by atoms with Gasteiger partial charge in [0.1, 0.15) is 11.6 Å². The Morgan fingerprint density at radius 2 is 1.82 bits per heavy atom. The molecule has 176 valence electrons. The quantitative estimate of drug-likeness (QED) is 0.330. The molecule has 2 aromatic carbocycles. The summed E-state index contributed by atoms with van der Waals surface area (Å²) in [5, 5.41) is 0.933. The van der Waals surface area contributed by atoms with Gasteiger partial charge in [0, 0.05) is 17.5 Å². The molecule has 0 amide bonds. The number of aromatic amines is 1. The van der Waals surface area contributed by atoms with E-state index in [4.69, 9.17) is 9.72 Å². The molecule has 1 atom stereocenters. The van der Waals surface area contributed by atoms with E-state index in [0.717, 1.165) is 53.4 Å². The first-order valence-electron chi connectivity index (χ1n) is 12.1. The first-order valence-corrected chi connectivity index (χ1v) is 12.1. The van der Waals surface area contributed by atoms with Crippen molar-refractivity contribution in [3.05, 3.63) is 71.4 Å². The Balaban J connectivity index is 1.30. The first-order chi connectivity index (χ1) is 16.4. The van der Waals surface area contributed by atoms with Crippen molar-refractivity contribution in [1.82, 2.24) is 15.0 Å². The van der Waals surface area contributed by atoms with Crippen LogP contribution in [-0.4, -0.2) is 27.0 Å². The molecule has 6 heteroatoms. The number of nitrogens with one attached hydrogen (secondary N) is 1. The van der Waals surface area contributed by atoms with Crippen LogP contribution in [0.15, 0.2) is 48.7 Å². The molecule has 5 rings (SSSR count). The maximum absolute atomic E-state index is 13.9. The standard InChI is InChI=1S/C28H30FN3O2/c1-16(2)34-28(33)20-8-10-25-26(14-20)32-27(31-25)17(3)18-4-6-19(7-5-18)22-12-13-30-24-11-9-21(29)15-23(22)24/h8-19H,4-7H2,1-3H3,(H,31,32)/t17-,18?,19?/m1/s1. The second-order valence-electron chi connectivity index (χ2n) is 9.77. The number of hydrogen-bond acceptors (Lipinski definition) is 4. The van der Waals surface area contributed by atoms with Crippen LogP contribution in [0.1, 0.15) is 80.0 Å². The van der Waals surface area contributed by atoms with Crippen LogP contribution in [0.3, 0.4) is 0 Å². The lowest BCUT2D eigenvalue weighted by Gasteiger charge is -2.32. The number of fused-ring (bicyclic) bond motifs is 2. The number of rotatable bonds is 5. The van der Waals surface area contributed by atoms with Crippen molar-refractivity contribution in [1.29, 1.82) is 0 Å². The smallest absolute Gasteiger partial charge is 0.338 e. The van der Waals surface area contributed by atoms with E-state index >= 15 is 0 Å². The van der Waals surface area contributed by atoms with Crippen LogP contribution in [0.5, 0.6) is 0 Å². The molecule has 5 nitrogen and oxygen atoms in total. The van der Waals surface area contributed by atoms with Crippen molar-refractivity contribution in [2.24, 2.45) is 5.92 Å². The Hall–Kier alpha value is -3.28. The highest BCUT2D eigenvalue weighted by Gasteiger charge is 2.29. The van der Waals surface area contributed by atoms with E-state index in [-0.39, 0.29) is 23.8 Å². The molecule has 1 aliphatic rings. The minimum absolute atomic E-state index is 0.155. The maximum atomic E-state index is 13.9. The van der Waals surface area contributed by atoms with Crippen molar-refractivity contribution < 1.29 is 13.9 Å². The molecule has 0 unspecified atom stereocenters. The van der Waals surface area contributed by atoms with Crippen LogP contribution in [0, 0.1) is 11.7 Å².